The molecular weight excluding hydrogens is 200 g/mol. The van der Waals surface area contributed by atoms with Crippen molar-refractivity contribution in [2.24, 2.45) is 11.8 Å². The van der Waals surface area contributed by atoms with Gasteiger partial charge in [0.2, 0.25) is 5.91 Å². The molecule has 0 heterocycles. The molecule has 2 saturated carbocycles. The number of nitrogens with one attached hydrogen (secondary N) is 2. The molecule has 0 saturated heterocycles. The minimum atomic E-state index is 0.228. The molecule has 2 N–H and O–H groups in total. The van der Waals surface area contributed by atoms with Crippen LogP contribution in [0, 0.1) is 11.8 Å². The summed E-state index contributed by atoms with van der Waals surface area (Å²) < 4.78 is 0. The Hall–Kier alpha value is -0.570. The van der Waals surface area contributed by atoms with Gasteiger partial charge in [0, 0.05) is 18.5 Å². The number of carbonyl (C=O) groups is 1. The average molecular weight is 224 g/mol. The van der Waals surface area contributed by atoms with Crippen molar-refractivity contribution in [1.82, 2.24) is 10.6 Å². The Bertz CT molecular complexity index is 254. The van der Waals surface area contributed by atoms with Crippen molar-refractivity contribution >= 4 is 5.91 Å². The zero-order chi connectivity index (χ0) is 11.5. The quantitative estimate of drug-likeness (QED) is 0.746. The summed E-state index contributed by atoms with van der Waals surface area (Å²) in [6, 6.07) is 0.781. The fourth-order valence-electron chi connectivity index (χ4n) is 3.39. The van der Waals surface area contributed by atoms with E-state index >= 15 is 0 Å². The van der Waals surface area contributed by atoms with Gasteiger partial charge in [-0.05, 0) is 44.6 Å². The second-order valence-electron chi connectivity index (χ2n) is 5.51. The monoisotopic (exact) mass is 224 g/mol. The summed E-state index contributed by atoms with van der Waals surface area (Å²) in [7, 11) is 0. The van der Waals surface area contributed by atoms with E-state index in [-0.39, 0.29) is 5.91 Å². The molecule has 92 valence electrons. The lowest BCUT2D eigenvalue weighted by Crippen LogP contribution is -2.41. The third-order valence-electron chi connectivity index (χ3n) is 4.13. The van der Waals surface area contributed by atoms with Crippen LogP contribution in [0.1, 0.15) is 46.0 Å². The highest BCUT2D eigenvalue weighted by Gasteiger charge is 2.39. The Labute approximate surface area is 98.4 Å². The first kappa shape index (κ1) is 11.9. The summed E-state index contributed by atoms with van der Waals surface area (Å²) in [6.45, 7) is 5.08. The summed E-state index contributed by atoms with van der Waals surface area (Å²) in [6.07, 6.45) is 5.92. The van der Waals surface area contributed by atoms with E-state index in [2.05, 4.69) is 24.5 Å². The number of rotatable bonds is 5. The Kier molecular flexibility index (Phi) is 3.85. The molecule has 0 aromatic rings. The Balaban J connectivity index is 1.71. The molecule has 2 rings (SSSR count). The van der Waals surface area contributed by atoms with Gasteiger partial charge in [0.25, 0.3) is 0 Å². The molecule has 0 aromatic carbocycles. The van der Waals surface area contributed by atoms with E-state index in [1.54, 1.807) is 0 Å². The van der Waals surface area contributed by atoms with Gasteiger partial charge in [-0.2, -0.15) is 0 Å². The van der Waals surface area contributed by atoms with Crippen LogP contribution in [0.4, 0.5) is 0 Å². The molecule has 1 amide bonds. The number of amides is 1. The topological polar surface area (TPSA) is 41.1 Å². The van der Waals surface area contributed by atoms with Gasteiger partial charge in [0.05, 0.1) is 0 Å². The molecule has 0 spiro atoms. The lowest BCUT2D eigenvalue weighted by molar-refractivity contribution is -0.122. The third-order valence-corrected chi connectivity index (χ3v) is 4.13. The molecule has 4 unspecified atom stereocenters. The first-order chi connectivity index (χ1) is 7.69. The highest BCUT2D eigenvalue weighted by Crippen LogP contribution is 2.44. The highest BCUT2D eigenvalue weighted by molar-refractivity contribution is 5.76. The van der Waals surface area contributed by atoms with Gasteiger partial charge in [-0.1, -0.05) is 13.3 Å². The normalized spacial score (nSPS) is 34.0. The predicted molar refractivity (Wildman–Crippen MR) is 65.1 cm³/mol. The van der Waals surface area contributed by atoms with Crippen molar-refractivity contribution < 1.29 is 4.79 Å². The van der Waals surface area contributed by atoms with Crippen LogP contribution in [0.2, 0.25) is 0 Å². The number of hydrogen-bond donors (Lipinski definition) is 2. The van der Waals surface area contributed by atoms with Gasteiger partial charge in [-0.3, -0.25) is 4.79 Å². The maximum absolute atomic E-state index is 11.8. The Morgan fingerprint density at radius 2 is 2.19 bits per heavy atom. The molecule has 2 aliphatic carbocycles. The first-order valence-electron chi connectivity index (χ1n) is 6.71. The van der Waals surface area contributed by atoms with Gasteiger partial charge in [0.15, 0.2) is 0 Å². The van der Waals surface area contributed by atoms with E-state index in [0.29, 0.717) is 18.5 Å². The van der Waals surface area contributed by atoms with Gasteiger partial charge in [-0.25, -0.2) is 0 Å². The molecule has 3 nitrogen and oxygen atoms in total. The molecule has 4 atom stereocenters. The van der Waals surface area contributed by atoms with Crippen LogP contribution in [0.3, 0.4) is 0 Å². The summed E-state index contributed by atoms with van der Waals surface area (Å²) in [5.74, 6) is 1.91. The van der Waals surface area contributed by atoms with Gasteiger partial charge in [0.1, 0.15) is 0 Å². The second-order valence-corrected chi connectivity index (χ2v) is 5.51. The Morgan fingerprint density at radius 1 is 1.38 bits per heavy atom. The van der Waals surface area contributed by atoms with Gasteiger partial charge < -0.3 is 10.6 Å². The van der Waals surface area contributed by atoms with Crippen LogP contribution in [-0.4, -0.2) is 24.5 Å². The summed E-state index contributed by atoms with van der Waals surface area (Å²) in [5, 5.41) is 6.50. The van der Waals surface area contributed by atoms with Crippen molar-refractivity contribution in [2.75, 3.05) is 6.54 Å². The fourth-order valence-corrected chi connectivity index (χ4v) is 3.39. The smallest absolute Gasteiger partial charge is 0.221 e. The van der Waals surface area contributed by atoms with Crippen molar-refractivity contribution in [3.8, 4) is 0 Å². The fraction of sp³-hybridized carbons (Fsp3) is 0.923. The lowest BCUT2D eigenvalue weighted by atomic mass is 9.95. The molecule has 2 fully saturated rings. The predicted octanol–water partition coefficient (Wildman–Crippen LogP) is 1.68. The molecule has 2 bridgehead atoms. The summed E-state index contributed by atoms with van der Waals surface area (Å²) >= 11 is 0. The van der Waals surface area contributed by atoms with Gasteiger partial charge >= 0.3 is 0 Å². The zero-order valence-corrected chi connectivity index (χ0v) is 10.5. The molecule has 0 aromatic heterocycles. The van der Waals surface area contributed by atoms with E-state index in [0.717, 1.165) is 18.4 Å². The Morgan fingerprint density at radius 3 is 2.75 bits per heavy atom. The van der Waals surface area contributed by atoms with Crippen molar-refractivity contribution in [2.45, 2.75) is 58.0 Å². The van der Waals surface area contributed by atoms with Crippen LogP contribution in [0.5, 0.6) is 0 Å². The number of hydrogen-bond acceptors (Lipinski definition) is 2. The highest BCUT2D eigenvalue weighted by atomic mass is 16.1. The van der Waals surface area contributed by atoms with E-state index in [4.69, 9.17) is 0 Å². The van der Waals surface area contributed by atoms with E-state index < -0.39 is 0 Å². The standard InChI is InChI=1S/C13H24N2O/c1-3-14-9(2)6-13(16)15-12-8-10-4-5-11(12)7-10/h9-12,14H,3-8H2,1-2H3,(H,15,16). The van der Waals surface area contributed by atoms with Crippen LogP contribution >= 0.6 is 0 Å². The van der Waals surface area contributed by atoms with Crippen molar-refractivity contribution in [1.29, 1.82) is 0 Å². The first-order valence-corrected chi connectivity index (χ1v) is 6.71. The van der Waals surface area contributed by atoms with E-state index in [1.165, 1.54) is 25.7 Å². The van der Waals surface area contributed by atoms with Crippen LogP contribution in [0.25, 0.3) is 0 Å². The molecule has 2 aliphatic rings. The summed E-state index contributed by atoms with van der Waals surface area (Å²) in [5.41, 5.74) is 0. The summed E-state index contributed by atoms with van der Waals surface area (Å²) in [4.78, 5) is 11.8. The van der Waals surface area contributed by atoms with Crippen molar-refractivity contribution in [3.05, 3.63) is 0 Å². The minimum Gasteiger partial charge on any atom is -0.353 e. The number of fused-ring (bicyclic) bond motifs is 2. The number of carbonyl (C=O) groups excluding carboxylic acids is 1. The van der Waals surface area contributed by atoms with Crippen molar-refractivity contribution in [3.63, 3.8) is 0 Å². The SMILES string of the molecule is CCNC(C)CC(=O)NC1CC2CCC1C2. The average Bonchev–Trinajstić information content (AvgIpc) is 2.78. The van der Waals surface area contributed by atoms with E-state index in [1.807, 2.05) is 0 Å². The second kappa shape index (κ2) is 5.17. The molecule has 0 aliphatic heterocycles. The van der Waals surface area contributed by atoms with Crippen LogP contribution in [0.15, 0.2) is 0 Å². The minimum absolute atomic E-state index is 0.228. The van der Waals surface area contributed by atoms with Crippen LogP contribution < -0.4 is 10.6 Å². The molecule has 3 heteroatoms. The maximum Gasteiger partial charge on any atom is 0.221 e. The lowest BCUT2D eigenvalue weighted by Gasteiger charge is -2.23. The maximum atomic E-state index is 11.8. The third kappa shape index (κ3) is 2.76. The zero-order valence-electron chi connectivity index (χ0n) is 10.5. The van der Waals surface area contributed by atoms with Gasteiger partial charge in [-0.15, -0.1) is 0 Å². The van der Waals surface area contributed by atoms with E-state index in [9.17, 15) is 4.79 Å². The molecule has 16 heavy (non-hydrogen) atoms. The molecule has 0 radical (unpaired) electrons. The largest absolute Gasteiger partial charge is 0.353 e. The van der Waals surface area contributed by atoms with Crippen LogP contribution in [-0.2, 0) is 4.79 Å². The molecular formula is C13H24N2O.